The lowest BCUT2D eigenvalue weighted by Gasteiger charge is -2.23. The molecule has 1 N–H and O–H groups in total. The topological polar surface area (TPSA) is 49.3 Å². The minimum Gasteiger partial charge on any atom is -0.497 e. The molecule has 3 aromatic rings. The van der Waals surface area contributed by atoms with Gasteiger partial charge in [0.1, 0.15) is 5.75 Å². The van der Waals surface area contributed by atoms with Crippen molar-refractivity contribution in [3.8, 4) is 17.1 Å². The fourth-order valence-electron chi connectivity index (χ4n) is 3.66. The summed E-state index contributed by atoms with van der Waals surface area (Å²) >= 11 is 5.49. The first kappa shape index (κ1) is 19.7. The standard InChI is InChI=1S/C22H27N5OS/c1-17-4-8-19(9-5-17)26-13-3-12-25(14-15-26)16-27-22(29)23-21(24-27)18-6-10-20(28-2)11-7-18/h4-11H,3,12-16H2,1-2H3,(H,23,24,29). The second kappa shape index (κ2) is 8.80. The number of methoxy groups -OCH3 is 1. The molecule has 1 fully saturated rings. The normalized spacial score (nSPS) is 15.3. The molecule has 29 heavy (non-hydrogen) atoms. The zero-order valence-corrected chi connectivity index (χ0v) is 17.8. The Kier molecular flexibility index (Phi) is 5.97. The van der Waals surface area contributed by atoms with Crippen molar-refractivity contribution in [1.29, 1.82) is 0 Å². The van der Waals surface area contributed by atoms with Gasteiger partial charge >= 0.3 is 0 Å². The van der Waals surface area contributed by atoms with E-state index < -0.39 is 0 Å². The van der Waals surface area contributed by atoms with Gasteiger partial charge in [-0.3, -0.25) is 10.00 Å². The fraction of sp³-hybridized carbons (Fsp3) is 0.364. The summed E-state index contributed by atoms with van der Waals surface area (Å²) in [5, 5.41) is 3.36. The van der Waals surface area contributed by atoms with Crippen LogP contribution in [0.15, 0.2) is 48.5 Å². The van der Waals surface area contributed by atoms with Crippen LogP contribution in [-0.2, 0) is 6.67 Å². The van der Waals surface area contributed by atoms with Crippen LogP contribution < -0.4 is 9.64 Å². The lowest BCUT2D eigenvalue weighted by Crippen LogP contribution is -2.32. The Bertz CT molecular complexity index is 993. The first-order valence-corrected chi connectivity index (χ1v) is 10.4. The van der Waals surface area contributed by atoms with Gasteiger partial charge in [-0.05, 0) is 62.0 Å². The van der Waals surface area contributed by atoms with Crippen LogP contribution in [0.5, 0.6) is 5.75 Å². The summed E-state index contributed by atoms with van der Waals surface area (Å²) in [6.45, 7) is 6.97. The third-order valence-corrected chi connectivity index (χ3v) is 5.68. The maximum absolute atomic E-state index is 5.49. The Morgan fingerprint density at radius 3 is 2.48 bits per heavy atom. The molecular weight excluding hydrogens is 382 g/mol. The van der Waals surface area contributed by atoms with Crippen molar-refractivity contribution in [3.63, 3.8) is 0 Å². The third kappa shape index (κ3) is 4.68. The van der Waals surface area contributed by atoms with E-state index in [9.17, 15) is 0 Å². The molecule has 1 aliphatic heterocycles. The van der Waals surface area contributed by atoms with E-state index in [1.807, 2.05) is 28.9 Å². The van der Waals surface area contributed by atoms with E-state index in [0.717, 1.165) is 56.4 Å². The molecule has 0 amide bonds. The number of aromatic nitrogens is 3. The third-order valence-electron chi connectivity index (χ3n) is 5.37. The lowest BCUT2D eigenvalue weighted by molar-refractivity contribution is 0.220. The number of nitrogens with zero attached hydrogens (tertiary/aromatic N) is 4. The Morgan fingerprint density at radius 2 is 1.76 bits per heavy atom. The summed E-state index contributed by atoms with van der Waals surface area (Å²) in [5.41, 5.74) is 3.60. The summed E-state index contributed by atoms with van der Waals surface area (Å²) in [5.74, 6) is 1.61. The van der Waals surface area contributed by atoms with Gasteiger partial charge in [0.15, 0.2) is 5.82 Å². The molecule has 7 heteroatoms. The largest absolute Gasteiger partial charge is 0.497 e. The van der Waals surface area contributed by atoms with E-state index in [4.69, 9.17) is 17.0 Å². The molecule has 1 aromatic heterocycles. The van der Waals surface area contributed by atoms with E-state index in [2.05, 4.69) is 51.1 Å². The lowest BCUT2D eigenvalue weighted by atomic mass is 10.2. The molecule has 1 aliphatic rings. The Balaban J connectivity index is 1.42. The van der Waals surface area contributed by atoms with Crippen molar-refractivity contribution in [2.45, 2.75) is 20.0 Å². The smallest absolute Gasteiger partial charge is 0.217 e. The highest BCUT2D eigenvalue weighted by atomic mass is 32.1. The number of hydrogen-bond acceptors (Lipinski definition) is 5. The Hall–Kier alpha value is -2.64. The average molecular weight is 410 g/mol. The fourth-order valence-corrected chi connectivity index (χ4v) is 3.85. The first-order chi connectivity index (χ1) is 14.1. The summed E-state index contributed by atoms with van der Waals surface area (Å²) < 4.78 is 7.76. The van der Waals surface area contributed by atoms with Gasteiger partial charge in [-0.1, -0.05) is 17.7 Å². The molecule has 0 bridgehead atoms. The molecular formula is C22H27N5OS. The summed E-state index contributed by atoms with van der Waals surface area (Å²) in [4.78, 5) is 9.44. The molecule has 4 rings (SSSR count). The van der Waals surface area contributed by atoms with Crippen LogP contribution in [0.1, 0.15) is 12.0 Å². The van der Waals surface area contributed by atoms with Gasteiger partial charge in [0.2, 0.25) is 4.77 Å². The van der Waals surface area contributed by atoms with Crippen LogP contribution in [0.2, 0.25) is 0 Å². The average Bonchev–Trinajstić information content (AvgIpc) is 2.95. The number of anilines is 1. The zero-order chi connectivity index (χ0) is 20.2. The van der Waals surface area contributed by atoms with Crippen molar-refractivity contribution in [1.82, 2.24) is 19.7 Å². The van der Waals surface area contributed by atoms with Crippen LogP contribution in [-0.4, -0.2) is 53.0 Å². The van der Waals surface area contributed by atoms with E-state index in [0.29, 0.717) is 4.77 Å². The monoisotopic (exact) mass is 409 g/mol. The number of nitrogens with one attached hydrogen (secondary N) is 1. The first-order valence-electron chi connectivity index (χ1n) is 9.97. The molecule has 0 spiro atoms. The summed E-state index contributed by atoms with van der Waals surface area (Å²) in [6, 6.07) is 16.6. The SMILES string of the molecule is COc1ccc(-c2nc(=S)n(CN3CCCN(c4ccc(C)cc4)CC3)[nH]2)cc1. The zero-order valence-electron chi connectivity index (χ0n) is 17.0. The van der Waals surface area contributed by atoms with E-state index in [1.54, 1.807) is 7.11 Å². The molecule has 1 saturated heterocycles. The quantitative estimate of drug-likeness (QED) is 0.643. The highest BCUT2D eigenvalue weighted by molar-refractivity contribution is 7.71. The minimum atomic E-state index is 0.579. The number of H-pyrrole nitrogens is 1. The van der Waals surface area contributed by atoms with Crippen molar-refractivity contribution < 1.29 is 4.74 Å². The second-order valence-electron chi connectivity index (χ2n) is 7.45. The van der Waals surface area contributed by atoms with Gasteiger partial charge in [0, 0.05) is 37.4 Å². The van der Waals surface area contributed by atoms with Crippen LogP contribution >= 0.6 is 12.2 Å². The molecule has 152 valence electrons. The highest BCUT2D eigenvalue weighted by Crippen LogP contribution is 2.20. The molecule has 6 nitrogen and oxygen atoms in total. The summed E-state index contributed by atoms with van der Waals surface area (Å²) in [7, 11) is 1.67. The Morgan fingerprint density at radius 1 is 1.00 bits per heavy atom. The van der Waals surface area contributed by atoms with Crippen molar-refractivity contribution in [2.75, 3.05) is 38.2 Å². The van der Waals surface area contributed by atoms with E-state index in [1.165, 1.54) is 11.3 Å². The highest BCUT2D eigenvalue weighted by Gasteiger charge is 2.16. The van der Waals surface area contributed by atoms with Gasteiger partial charge in [-0.2, -0.15) is 4.98 Å². The van der Waals surface area contributed by atoms with E-state index >= 15 is 0 Å². The number of hydrogen-bond donors (Lipinski definition) is 1. The maximum Gasteiger partial charge on any atom is 0.217 e. The van der Waals surface area contributed by atoms with Crippen molar-refractivity contribution >= 4 is 17.9 Å². The molecule has 0 aliphatic carbocycles. The van der Waals surface area contributed by atoms with Crippen LogP contribution in [0.4, 0.5) is 5.69 Å². The number of benzene rings is 2. The maximum atomic E-state index is 5.49. The second-order valence-corrected chi connectivity index (χ2v) is 7.81. The van der Waals surface area contributed by atoms with Crippen LogP contribution in [0.25, 0.3) is 11.4 Å². The van der Waals surface area contributed by atoms with Gasteiger partial charge in [-0.15, -0.1) is 0 Å². The predicted molar refractivity (Wildman–Crippen MR) is 119 cm³/mol. The van der Waals surface area contributed by atoms with Crippen molar-refractivity contribution in [2.24, 2.45) is 0 Å². The van der Waals surface area contributed by atoms with Gasteiger partial charge < -0.3 is 9.64 Å². The molecule has 2 heterocycles. The molecule has 0 atom stereocenters. The molecule has 0 radical (unpaired) electrons. The van der Waals surface area contributed by atoms with E-state index in [-0.39, 0.29) is 0 Å². The Labute approximate surface area is 176 Å². The summed E-state index contributed by atoms with van der Waals surface area (Å²) in [6.07, 6.45) is 1.13. The van der Waals surface area contributed by atoms with Gasteiger partial charge in [0.05, 0.1) is 13.8 Å². The van der Waals surface area contributed by atoms with Crippen LogP contribution in [0.3, 0.4) is 0 Å². The van der Waals surface area contributed by atoms with Gasteiger partial charge in [0.25, 0.3) is 0 Å². The molecule has 0 unspecified atom stereocenters. The minimum absolute atomic E-state index is 0.579. The van der Waals surface area contributed by atoms with Gasteiger partial charge in [-0.25, -0.2) is 4.68 Å². The number of ether oxygens (including phenoxy) is 1. The predicted octanol–water partition coefficient (Wildman–Crippen LogP) is 4.09. The van der Waals surface area contributed by atoms with Crippen molar-refractivity contribution in [3.05, 3.63) is 58.9 Å². The number of aromatic amines is 1. The number of aryl methyl sites for hydroxylation is 1. The number of rotatable bonds is 5. The van der Waals surface area contributed by atoms with Crippen LogP contribution in [0, 0.1) is 11.7 Å². The molecule has 0 saturated carbocycles. The molecule has 2 aromatic carbocycles.